The summed E-state index contributed by atoms with van der Waals surface area (Å²) >= 11 is 0. The van der Waals surface area contributed by atoms with Crippen LogP contribution in [0.25, 0.3) is 0 Å². The van der Waals surface area contributed by atoms with Crippen LogP contribution in [0.2, 0.25) is 0 Å². The molecule has 0 unspecified atom stereocenters. The van der Waals surface area contributed by atoms with E-state index in [1.807, 2.05) is 0 Å². The van der Waals surface area contributed by atoms with Gasteiger partial charge in [-0.3, -0.25) is 4.79 Å². The predicted molar refractivity (Wildman–Crippen MR) is 60.6 cm³/mol. The Morgan fingerprint density at radius 2 is 2.07 bits per heavy atom. The Kier molecular flexibility index (Phi) is 3.29. The highest BCUT2D eigenvalue weighted by Crippen LogP contribution is 2.41. The third kappa shape index (κ3) is 2.17. The molecule has 0 aromatic rings. The van der Waals surface area contributed by atoms with E-state index in [0.29, 0.717) is 11.8 Å². The van der Waals surface area contributed by atoms with Gasteiger partial charge in [0, 0.05) is 31.0 Å². The monoisotopic (exact) mass is 210 g/mol. The summed E-state index contributed by atoms with van der Waals surface area (Å²) in [5.41, 5.74) is -0.0167. The zero-order valence-electron chi connectivity index (χ0n) is 9.64. The number of carbonyl (C=O) groups excluding carboxylic acids is 1. The first-order valence-electron chi connectivity index (χ1n) is 6.26. The molecule has 0 aromatic heterocycles. The average Bonchev–Trinajstić information content (AvgIpc) is 2.64. The van der Waals surface area contributed by atoms with Gasteiger partial charge in [-0.2, -0.15) is 0 Å². The van der Waals surface area contributed by atoms with Crippen LogP contribution in [0.1, 0.15) is 39.0 Å². The Bertz CT molecular complexity index is 230. The second-order valence-corrected chi connectivity index (χ2v) is 5.08. The minimum atomic E-state index is -0.0167. The molecule has 2 rings (SSSR count). The van der Waals surface area contributed by atoms with E-state index in [1.54, 1.807) is 0 Å². The molecule has 2 aliphatic rings. The van der Waals surface area contributed by atoms with Crippen LogP contribution >= 0.6 is 0 Å². The molecule has 0 aromatic carbocycles. The third-order valence-electron chi connectivity index (χ3n) is 4.14. The summed E-state index contributed by atoms with van der Waals surface area (Å²) in [7, 11) is 0. The summed E-state index contributed by atoms with van der Waals surface area (Å²) in [6.07, 6.45) is 5.65. The fourth-order valence-corrected chi connectivity index (χ4v) is 2.71. The van der Waals surface area contributed by atoms with Gasteiger partial charge in [-0.25, -0.2) is 0 Å². The number of hydrogen-bond donors (Lipinski definition) is 2. The molecule has 0 bridgehead atoms. The van der Waals surface area contributed by atoms with E-state index in [0.717, 1.165) is 38.9 Å². The Hall–Kier alpha value is -0.570. The molecule has 0 spiro atoms. The van der Waals surface area contributed by atoms with E-state index >= 15 is 0 Å². The zero-order valence-corrected chi connectivity index (χ0v) is 9.64. The van der Waals surface area contributed by atoms with Gasteiger partial charge in [0.25, 0.3) is 0 Å². The molecule has 2 fully saturated rings. The van der Waals surface area contributed by atoms with Crippen molar-refractivity contribution in [1.29, 1.82) is 0 Å². The van der Waals surface area contributed by atoms with Crippen LogP contribution in [0, 0.1) is 11.3 Å². The summed E-state index contributed by atoms with van der Waals surface area (Å²) in [4.78, 5) is 12.1. The lowest BCUT2D eigenvalue weighted by Gasteiger charge is -2.31. The van der Waals surface area contributed by atoms with Gasteiger partial charge in [0.15, 0.2) is 0 Å². The van der Waals surface area contributed by atoms with Gasteiger partial charge >= 0.3 is 0 Å². The van der Waals surface area contributed by atoms with E-state index in [9.17, 15) is 4.79 Å². The molecule has 86 valence electrons. The number of hydrogen-bond acceptors (Lipinski definition) is 2. The van der Waals surface area contributed by atoms with Gasteiger partial charge < -0.3 is 10.6 Å². The molecule has 2 N–H and O–H groups in total. The second kappa shape index (κ2) is 4.52. The van der Waals surface area contributed by atoms with Crippen molar-refractivity contribution in [2.75, 3.05) is 19.6 Å². The van der Waals surface area contributed by atoms with Gasteiger partial charge in [0.05, 0.1) is 0 Å². The van der Waals surface area contributed by atoms with Crippen molar-refractivity contribution in [3.8, 4) is 0 Å². The minimum Gasteiger partial charge on any atom is -0.355 e. The van der Waals surface area contributed by atoms with Crippen molar-refractivity contribution >= 4 is 5.91 Å². The lowest BCUT2D eigenvalue weighted by molar-refractivity contribution is -0.131. The third-order valence-corrected chi connectivity index (χ3v) is 4.14. The highest BCUT2D eigenvalue weighted by atomic mass is 16.2. The summed E-state index contributed by atoms with van der Waals surface area (Å²) in [5, 5.41) is 6.37. The largest absolute Gasteiger partial charge is 0.355 e. The van der Waals surface area contributed by atoms with Crippen LogP contribution in [0.5, 0.6) is 0 Å². The SMILES string of the molecule is CCC1(C(=O)NCC2CNC2)CCCC1. The summed E-state index contributed by atoms with van der Waals surface area (Å²) in [5.74, 6) is 0.985. The quantitative estimate of drug-likeness (QED) is 0.734. The number of nitrogens with one attached hydrogen (secondary N) is 2. The maximum atomic E-state index is 12.1. The molecule has 15 heavy (non-hydrogen) atoms. The van der Waals surface area contributed by atoms with Gasteiger partial charge in [-0.05, 0) is 19.3 Å². The average molecular weight is 210 g/mol. The normalized spacial score (nSPS) is 24.9. The maximum absolute atomic E-state index is 12.1. The molecule has 1 amide bonds. The molecule has 3 nitrogen and oxygen atoms in total. The molecule has 1 saturated carbocycles. The van der Waals surface area contributed by atoms with Gasteiger partial charge in [0.1, 0.15) is 0 Å². The van der Waals surface area contributed by atoms with Crippen LogP contribution in [0.3, 0.4) is 0 Å². The molecule has 1 saturated heterocycles. The fourth-order valence-electron chi connectivity index (χ4n) is 2.71. The van der Waals surface area contributed by atoms with Crippen molar-refractivity contribution in [3.05, 3.63) is 0 Å². The standard InChI is InChI=1S/C12H22N2O/c1-2-12(5-3-4-6-12)11(15)14-9-10-7-13-8-10/h10,13H,2-9H2,1H3,(H,14,15). The summed E-state index contributed by atoms with van der Waals surface area (Å²) < 4.78 is 0. The van der Waals surface area contributed by atoms with Crippen LogP contribution < -0.4 is 10.6 Å². The number of amides is 1. The molecule has 1 aliphatic heterocycles. The van der Waals surface area contributed by atoms with Crippen molar-refractivity contribution in [3.63, 3.8) is 0 Å². The lowest BCUT2D eigenvalue weighted by Crippen LogP contribution is -2.50. The first-order chi connectivity index (χ1) is 7.27. The fraction of sp³-hybridized carbons (Fsp3) is 0.917. The topological polar surface area (TPSA) is 41.1 Å². The molecular formula is C12H22N2O. The predicted octanol–water partition coefficient (Wildman–Crippen LogP) is 1.29. The van der Waals surface area contributed by atoms with E-state index < -0.39 is 0 Å². The molecule has 0 atom stereocenters. The maximum Gasteiger partial charge on any atom is 0.226 e. The van der Waals surface area contributed by atoms with Crippen molar-refractivity contribution in [2.24, 2.45) is 11.3 Å². The molecule has 0 radical (unpaired) electrons. The zero-order chi connectivity index (χ0) is 10.7. The first kappa shape index (κ1) is 10.9. The van der Waals surface area contributed by atoms with Crippen LogP contribution in [-0.4, -0.2) is 25.5 Å². The van der Waals surface area contributed by atoms with E-state index in [4.69, 9.17) is 0 Å². The Labute approximate surface area is 92.0 Å². The summed E-state index contributed by atoms with van der Waals surface area (Å²) in [6.45, 7) is 5.15. The van der Waals surface area contributed by atoms with Crippen LogP contribution in [0.4, 0.5) is 0 Å². The Morgan fingerprint density at radius 1 is 1.40 bits per heavy atom. The van der Waals surface area contributed by atoms with Gasteiger partial charge in [-0.1, -0.05) is 19.8 Å². The highest BCUT2D eigenvalue weighted by Gasteiger charge is 2.39. The van der Waals surface area contributed by atoms with Crippen molar-refractivity contribution in [2.45, 2.75) is 39.0 Å². The van der Waals surface area contributed by atoms with Gasteiger partial charge in [0.2, 0.25) is 5.91 Å². The van der Waals surface area contributed by atoms with E-state index in [1.165, 1.54) is 12.8 Å². The van der Waals surface area contributed by atoms with Crippen molar-refractivity contribution < 1.29 is 4.79 Å². The molecule has 1 heterocycles. The van der Waals surface area contributed by atoms with Crippen molar-refractivity contribution in [1.82, 2.24) is 10.6 Å². The highest BCUT2D eigenvalue weighted by molar-refractivity contribution is 5.82. The smallest absolute Gasteiger partial charge is 0.226 e. The number of rotatable bonds is 4. The molecule has 1 aliphatic carbocycles. The van der Waals surface area contributed by atoms with Crippen LogP contribution in [-0.2, 0) is 4.79 Å². The second-order valence-electron chi connectivity index (χ2n) is 5.08. The van der Waals surface area contributed by atoms with E-state index in [2.05, 4.69) is 17.6 Å². The molecular weight excluding hydrogens is 188 g/mol. The Balaban J connectivity index is 1.81. The Morgan fingerprint density at radius 3 is 2.53 bits per heavy atom. The van der Waals surface area contributed by atoms with Crippen LogP contribution in [0.15, 0.2) is 0 Å². The lowest BCUT2D eigenvalue weighted by atomic mass is 9.82. The van der Waals surface area contributed by atoms with E-state index in [-0.39, 0.29) is 5.41 Å². The first-order valence-corrected chi connectivity index (χ1v) is 6.26. The number of carbonyl (C=O) groups is 1. The molecule has 3 heteroatoms. The van der Waals surface area contributed by atoms with Gasteiger partial charge in [-0.15, -0.1) is 0 Å². The summed E-state index contributed by atoms with van der Waals surface area (Å²) in [6, 6.07) is 0. The minimum absolute atomic E-state index is 0.0167.